The Hall–Kier alpha value is -2.00. The second-order valence-corrected chi connectivity index (χ2v) is 5.12. The molecule has 1 heterocycles. The lowest BCUT2D eigenvalue weighted by atomic mass is 10.2. The summed E-state index contributed by atoms with van der Waals surface area (Å²) < 4.78 is 5.84. The van der Waals surface area contributed by atoms with Crippen LogP contribution in [-0.4, -0.2) is 19.1 Å². The molecule has 2 N–H and O–H groups in total. The standard InChI is InChI=1S/C17H20N2O/c1-2-8-16(9-3-1)20-17-10-4-6-14(12-17)19-13-15-7-5-11-18-15/h1-4,6,8-10,12,15,18-19H,5,7,11,13H2/t15-/m1/s1. The normalized spacial score (nSPS) is 17.9. The summed E-state index contributed by atoms with van der Waals surface area (Å²) in [5, 5.41) is 6.96. The maximum atomic E-state index is 5.84. The van der Waals surface area contributed by atoms with Gasteiger partial charge in [0.05, 0.1) is 0 Å². The van der Waals surface area contributed by atoms with Gasteiger partial charge in [0, 0.05) is 24.3 Å². The molecule has 0 bridgehead atoms. The minimum atomic E-state index is 0.591. The molecule has 3 nitrogen and oxygen atoms in total. The fourth-order valence-electron chi connectivity index (χ4n) is 2.47. The zero-order chi connectivity index (χ0) is 13.6. The van der Waals surface area contributed by atoms with Crippen molar-refractivity contribution in [1.29, 1.82) is 0 Å². The third-order valence-corrected chi connectivity index (χ3v) is 3.53. The van der Waals surface area contributed by atoms with Crippen LogP contribution in [0, 0.1) is 0 Å². The van der Waals surface area contributed by atoms with Crippen LogP contribution in [0.15, 0.2) is 54.6 Å². The molecule has 3 heteroatoms. The Labute approximate surface area is 120 Å². The van der Waals surface area contributed by atoms with Crippen molar-refractivity contribution >= 4 is 5.69 Å². The van der Waals surface area contributed by atoms with Gasteiger partial charge >= 0.3 is 0 Å². The summed E-state index contributed by atoms with van der Waals surface area (Å²) in [5.74, 6) is 1.72. The van der Waals surface area contributed by atoms with Gasteiger partial charge in [0.1, 0.15) is 11.5 Å². The Balaban J connectivity index is 1.60. The molecule has 104 valence electrons. The number of hydrogen-bond acceptors (Lipinski definition) is 3. The summed E-state index contributed by atoms with van der Waals surface area (Å²) in [6, 6.07) is 18.6. The first-order chi connectivity index (χ1) is 9.90. The topological polar surface area (TPSA) is 33.3 Å². The summed E-state index contributed by atoms with van der Waals surface area (Å²) in [6.07, 6.45) is 2.54. The number of hydrogen-bond donors (Lipinski definition) is 2. The van der Waals surface area contributed by atoms with E-state index in [1.807, 2.05) is 48.5 Å². The van der Waals surface area contributed by atoms with E-state index in [-0.39, 0.29) is 0 Å². The molecular weight excluding hydrogens is 248 g/mol. The molecule has 1 aliphatic rings. The van der Waals surface area contributed by atoms with E-state index < -0.39 is 0 Å². The minimum Gasteiger partial charge on any atom is -0.457 e. The van der Waals surface area contributed by atoms with Gasteiger partial charge in [-0.15, -0.1) is 0 Å². The van der Waals surface area contributed by atoms with Gasteiger partial charge < -0.3 is 15.4 Å². The van der Waals surface area contributed by atoms with Crippen molar-refractivity contribution in [2.45, 2.75) is 18.9 Å². The van der Waals surface area contributed by atoms with Crippen LogP contribution in [0.3, 0.4) is 0 Å². The molecule has 1 saturated heterocycles. The first-order valence-electron chi connectivity index (χ1n) is 7.20. The van der Waals surface area contributed by atoms with Crippen molar-refractivity contribution in [2.75, 3.05) is 18.4 Å². The maximum absolute atomic E-state index is 5.84. The van der Waals surface area contributed by atoms with E-state index in [1.165, 1.54) is 12.8 Å². The highest BCUT2D eigenvalue weighted by Gasteiger charge is 2.13. The quantitative estimate of drug-likeness (QED) is 0.868. The van der Waals surface area contributed by atoms with Crippen LogP contribution in [0.4, 0.5) is 5.69 Å². The zero-order valence-electron chi connectivity index (χ0n) is 11.5. The minimum absolute atomic E-state index is 0.591. The van der Waals surface area contributed by atoms with Gasteiger partial charge in [-0.3, -0.25) is 0 Å². The summed E-state index contributed by atoms with van der Waals surface area (Å²) in [4.78, 5) is 0. The predicted octanol–water partition coefficient (Wildman–Crippen LogP) is 3.64. The van der Waals surface area contributed by atoms with Crippen molar-refractivity contribution in [3.05, 3.63) is 54.6 Å². The molecule has 0 unspecified atom stereocenters. The lowest BCUT2D eigenvalue weighted by Crippen LogP contribution is -2.29. The molecule has 1 fully saturated rings. The second kappa shape index (κ2) is 6.44. The number of ether oxygens (including phenoxy) is 1. The number of rotatable bonds is 5. The molecular formula is C17H20N2O. The van der Waals surface area contributed by atoms with Crippen LogP contribution < -0.4 is 15.4 Å². The molecule has 0 saturated carbocycles. The van der Waals surface area contributed by atoms with E-state index in [1.54, 1.807) is 0 Å². The fourth-order valence-corrected chi connectivity index (χ4v) is 2.47. The fraction of sp³-hybridized carbons (Fsp3) is 0.294. The van der Waals surface area contributed by atoms with Crippen molar-refractivity contribution in [3.63, 3.8) is 0 Å². The van der Waals surface area contributed by atoms with Gasteiger partial charge in [0.25, 0.3) is 0 Å². The Morgan fingerprint density at radius 3 is 2.70 bits per heavy atom. The molecule has 20 heavy (non-hydrogen) atoms. The summed E-state index contributed by atoms with van der Waals surface area (Å²) in [6.45, 7) is 2.11. The average molecular weight is 268 g/mol. The molecule has 0 aliphatic carbocycles. The molecule has 2 aromatic rings. The monoisotopic (exact) mass is 268 g/mol. The Morgan fingerprint density at radius 1 is 1.05 bits per heavy atom. The van der Waals surface area contributed by atoms with Crippen LogP contribution >= 0.6 is 0 Å². The Bertz CT molecular complexity index is 536. The number of nitrogens with one attached hydrogen (secondary N) is 2. The molecule has 0 amide bonds. The first-order valence-corrected chi connectivity index (χ1v) is 7.20. The zero-order valence-corrected chi connectivity index (χ0v) is 11.5. The van der Waals surface area contributed by atoms with Gasteiger partial charge in [-0.1, -0.05) is 24.3 Å². The van der Waals surface area contributed by atoms with E-state index in [2.05, 4.69) is 16.7 Å². The lowest BCUT2D eigenvalue weighted by molar-refractivity contribution is 0.483. The largest absolute Gasteiger partial charge is 0.457 e. The SMILES string of the molecule is c1ccc(Oc2cccc(NC[C@H]3CCCN3)c2)cc1. The number of anilines is 1. The van der Waals surface area contributed by atoms with E-state index in [0.717, 1.165) is 30.3 Å². The molecule has 3 rings (SSSR count). The van der Waals surface area contributed by atoms with Gasteiger partial charge in [-0.05, 0) is 43.7 Å². The van der Waals surface area contributed by atoms with E-state index in [9.17, 15) is 0 Å². The smallest absolute Gasteiger partial charge is 0.129 e. The highest BCUT2D eigenvalue weighted by atomic mass is 16.5. The second-order valence-electron chi connectivity index (χ2n) is 5.12. The van der Waals surface area contributed by atoms with Gasteiger partial charge in [-0.2, -0.15) is 0 Å². The third-order valence-electron chi connectivity index (χ3n) is 3.53. The van der Waals surface area contributed by atoms with Crippen molar-refractivity contribution < 1.29 is 4.74 Å². The van der Waals surface area contributed by atoms with E-state index in [0.29, 0.717) is 6.04 Å². The van der Waals surface area contributed by atoms with Crippen molar-refractivity contribution in [1.82, 2.24) is 5.32 Å². The van der Waals surface area contributed by atoms with Gasteiger partial charge in [0.2, 0.25) is 0 Å². The summed E-state index contributed by atoms with van der Waals surface area (Å²) >= 11 is 0. The number of para-hydroxylation sites is 1. The molecule has 2 aromatic carbocycles. The predicted molar refractivity (Wildman–Crippen MR) is 82.5 cm³/mol. The van der Waals surface area contributed by atoms with Crippen molar-refractivity contribution in [3.8, 4) is 11.5 Å². The van der Waals surface area contributed by atoms with Crippen LogP contribution in [0.2, 0.25) is 0 Å². The van der Waals surface area contributed by atoms with E-state index in [4.69, 9.17) is 4.74 Å². The highest BCUT2D eigenvalue weighted by molar-refractivity contribution is 5.49. The van der Waals surface area contributed by atoms with Gasteiger partial charge in [-0.25, -0.2) is 0 Å². The van der Waals surface area contributed by atoms with Crippen molar-refractivity contribution in [2.24, 2.45) is 0 Å². The van der Waals surface area contributed by atoms with Crippen LogP contribution in [0.5, 0.6) is 11.5 Å². The Morgan fingerprint density at radius 2 is 1.90 bits per heavy atom. The maximum Gasteiger partial charge on any atom is 0.129 e. The first kappa shape index (κ1) is 13.0. The highest BCUT2D eigenvalue weighted by Crippen LogP contribution is 2.23. The third kappa shape index (κ3) is 3.52. The van der Waals surface area contributed by atoms with Crippen LogP contribution in [0.1, 0.15) is 12.8 Å². The average Bonchev–Trinajstić information content (AvgIpc) is 3.00. The molecule has 0 spiro atoms. The summed E-state index contributed by atoms with van der Waals surface area (Å²) in [7, 11) is 0. The molecule has 0 radical (unpaired) electrons. The molecule has 0 aromatic heterocycles. The Kier molecular flexibility index (Phi) is 4.19. The molecule has 1 atom stereocenters. The van der Waals surface area contributed by atoms with Crippen LogP contribution in [0.25, 0.3) is 0 Å². The summed E-state index contributed by atoms with van der Waals surface area (Å²) in [5.41, 5.74) is 1.10. The lowest BCUT2D eigenvalue weighted by Gasteiger charge is -2.13. The molecule has 1 aliphatic heterocycles. The number of benzene rings is 2. The van der Waals surface area contributed by atoms with Gasteiger partial charge in [0.15, 0.2) is 0 Å². The van der Waals surface area contributed by atoms with E-state index >= 15 is 0 Å². The van der Waals surface area contributed by atoms with Crippen LogP contribution in [-0.2, 0) is 0 Å².